The number of benzene rings is 2. The van der Waals surface area contributed by atoms with E-state index in [0.29, 0.717) is 11.1 Å². The third-order valence-corrected chi connectivity index (χ3v) is 6.36. The van der Waals surface area contributed by atoms with Gasteiger partial charge in [0.05, 0.1) is 21.1 Å². The lowest BCUT2D eigenvalue weighted by atomic mass is 9.36. The molecule has 0 spiro atoms. The van der Waals surface area contributed by atoms with Crippen LogP contribution >= 0.6 is 11.6 Å². The molecule has 2 aliphatic rings. The van der Waals surface area contributed by atoms with Crippen LogP contribution in [0.15, 0.2) is 42.5 Å². The largest absolute Gasteiger partial charge is 0.349 e. The van der Waals surface area contributed by atoms with E-state index in [4.69, 9.17) is 35.1 Å². The topological polar surface area (TPSA) is 95.6 Å². The number of nitrogens with one attached hydrogen (secondary N) is 2. The molecule has 0 saturated carbocycles. The Bertz CT molecular complexity index is 1260. The van der Waals surface area contributed by atoms with Crippen LogP contribution in [0.5, 0.6) is 0 Å². The maximum atomic E-state index is 14.5. The Kier molecular flexibility index (Phi) is 6.07. The van der Waals surface area contributed by atoms with Crippen LogP contribution in [-0.4, -0.2) is 57.5 Å². The van der Waals surface area contributed by atoms with E-state index in [9.17, 15) is 28.0 Å². The summed E-state index contributed by atoms with van der Waals surface area (Å²) in [5.41, 5.74) is -1.71. The molecule has 0 aliphatic carbocycles. The summed E-state index contributed by atoms with van der Waals surface area (Å²) in [6.45, 7) is -0.435. The molecule has 2 aromatic carbocycles. The van der Waals surface area contributed by atoms with Crippen LogP contribution < -0.4 is 10.6 Å². The fraction of sp³-hybridized carbons (Fsp3) is 0.273. The zero-order chi connectivity index (χ0) is 25.8. The normalized spacial score (nSPS) is 21.5. The smallest absolute Gasteiger partial charge is 0.346 e. The minimum Gasteiger partial charge on any atom is -0.346 e. The lowest BCUT2D eigenvalue weighted by molar-refractivity contribution is -0.147. The summed E-state index contributed by atoms with van der Waals surface area (Å²) >= 11 is 5.71. The number of carbonyl (C=O) groups is 4. The molecule has 4 rings (SSSR count). The molecule has 1 atom stereocenters. The monoisotopic (exact) mass is 491 g/mol. The van der Waals surface area contributed by atoms with Gasteiger partial charge in [-0.2, -0.15) is 8.78 Å². The van der Waals surface area contributed by atoms with E-state index in [1.807, 2.05) is 5.32 Å². The van der Waals surface area contributed by atoms with Crippen molar-refractivity contribution < 1.29 is 28.0 Å². The van der Waals surface area contributed by atoms with Gasteiger partial charge in [0.2, 0.25) is 11.8 Å². The highest BCUT2D eigenvalue weighted by molar-refractivity contribution is 6.52. The van der Waals surface area contributed by atoms with Crippen molar-refractivity contribution in [3.8, 4) is 0 Å². The van der Waals surface area contributed by atoms with Crippen molar-refractivity contribution in [2.24, 2.45) is 0 Å². The van der Waals surface area contributed by atoms with Crippen molar-refractivity contribution in [2.75, 3.05) is 0 Å². The van der Waals surface area contributed by atoms with Crippen molar-refractivity contribution in [2.45, 2.75) is 36.1 Å². The lowest BCUT2D eigenvalue weighted by Crippen LogP contribution is -2.70. The van der Waals surface area contributed by atoms with Crippen LogP contribution in [-0.2, 0) is 33.4 Å². The molecule has 1 saturated heterocycles. The zero-order valence-electron chi connectivity index (χ0n) is 18.1. The summed E-state index contributed by atoms with van der Waals surface area (Å²) in [6, 6.07) is 9.02. The molecule has 1 fully saturated rings. The number of alkyl halides is 2. The van der Waals surface area contributed by atoms with Crippen molar-refractivity contribution in [3.63, 3.8) is 0 Å². The van der Waals surface area contributed by atoms with Crippen molar-refractivity contribution >= 4 is 58.8 Å². The molecule has 2 N–H and O–H groups in total. The van der Waals surface area contributed by atoms with E-state index in [1.54, 1.807) is 0 Å². The lowest BCUT2D eigenvalue weighted by Gasteiger charge is -2.52. The molecule has 0 bridgehead atoms. The SMILES string of the molecule is [B]C1([B])CC(=O)NC(=O)[C@@]1([B])N1Cc2cc(CNC(=O)C(F)(F)c3ccc(Cl)cc3)ccc2C1=O. The average Bonchev–Trinajstić information content (AvgIpc) is 3.11. The second kappa shape index (κ2) is 8.51. The minimum atomic E-state index is -3.79. The summed E-state index contributed by atoms with van der Waals surface area (Å²) in [4.78, 5) is 50.4. The Balaban J connectivity index is 1.51. The first kappa shape index (κ1) is 25.0. The molecule has 35 heavy (non-hydrogen) atoms. The summed E-state index contributed by atoms with van der Waals surface area (Å²) in [5, 5.41) is 2.44. The molecule has 0 unspecified atom stereocenters. The first-order valence-corrected chi connectivity index (χ1v) is 10.7. The molecule has 172 valence electrons. The fourth-order valence-corrected chi connectivity index (χ4v) is 4.23. The van der Waals surface area contributed by atoms with E-state index in [1.165, 1.54) is 30.3 Å². The third-order valence-electron chi connectivity index (χ3n) is 6.11. The Labute approximate surface area is 208 Å². The number of rotatable bonds is 5. The number of amides is 4. The highest BCUT2D eigenvalue weighted by Crippen LogP contribution is 2.44. The number of hydrogen-bond donors (Lipinski definition) is 2. The van der Waals surface area contributed by atoms with Gasteiger partial charge < -0.3 is 10.2 Å². The molecule has 0 aromatic heterocycles. The first-order chi connectivity index (χ1) is 16.3. The van der Waals surface area contributed by atoms with Crippen LogP contribution in [0.3, 0.4) is 0 Å². The Morgan fingerprint density at radius 1 is 1.11 bits per heavy atom. The highest BCUT2D eigenvalue weighted by atomic mass is 35.5. The number of piperidine rings is 1. The van der Waals surface area contributed by atoms with E-state index < -0.39 is 52.2 Å². The standard InChI is InChI=1S/C22H15B3ClF2N3O4/c23-20(24)8-16(32)30-19(35)22(20,25)31-10-12-7-11(1-6-15(12)17(31)33)9-29-18(34)21(27,28)13-2-4-14(26)5-3-13/h1-7H,8-10H2,(H,29,34)(H,30,32,35)/t22-/m1/s1. The maximum absolute atomic E-state index is 14.5. The summed E-state index contributed by atoms with van der Waals surface area (Å²) in [7, 11) is 18.2. The second-order valence-electron chi connectivity index (χ2n) is 8.51. The van der Waals surface area contributed by atoms with Crippen LogP contribution in [0.2, 0.25) is 10.2 Å². The van der Waals surface area contributed by atoms with Gasteiger partial charge in [-0.05, 0) is 29.3 Å². The van der Waals surface area contributed by atoms with Gasteiger partial charge in [-0.25, -0.2) is 0 Å². The number of halogens is 3. The van der Waals surface area contributed by atoms with Crippen LogP contribution in [0.25, 0.3) is 0 Å². The predicted octanol–water partition coefficient (Wildman–Crippen LogP) is 1.07. The van der Waals surface area contributed by atoms with E-state index in [2.05, 4.69) is 5.32 Å². The Morgan fingerprint density at radius 3 is 2.40 bits per heavy atom. The molecular weight excluding hydrogens is 476 g/mol. The van der Waals surface area contributed by atoms with Gasteiger partial charge in [0.15, 0.2) is 0 Å². The van der Waals surface area contributed by atoms with Gasteiger partial charge in [-0.1, -0.05) is 41.1 Å². The molecule has 2 aliphatic heterocycles. The third kappa shape index (κ3) is 4.13. The van der Waals surface area contributed by atoms with Gasteiger partial charge in [0, 0.05) is 35.7 Å². The average molecular weight is 491 g/mol. The highest BCUT2D eigenvalue weighted by Gasteiger charge is 2.56. The molecule has 13 heteroatoms. The molecular formula is C22H15B3ClF2N3O4. The second-order valence-corrected chi connectivity index (χ2v) is 8.94. The number of fused-ring (bicyclic) bond motifs is 1. The number of imide groups is 1. The summed E-state index contributed by atoms with van der Waals surface area (Å²) < 4.78 is 29.0. The van der Waals surface area contributed by atoms with Gasteiger partial charge in [-0.15, -0.1) is 0 Å². The van der Waals surface area contributed by atoms with E-state index in [0.717, 1.165) is 17.0 Å². The molecule has 4 amide bonds. The molecule has 6 radical (unpaired) electrons. The predicted molar refractivity (Wildman–Crippen MR) is 124 cm³/mol. The zero-order valence-corrected chi connectivity index (χ0v) is 18.9. The van der Waals surface area contributed by atoms with Crippen molar-refractivity contribution in [1.29, 1.82) is 0 Å². The molecule has 2 heterocycles. The van der Waals surface area contributed by atoms with Gasteiger partial charge in [-0.3, -0.25) is 24.5 Å². The fourth-order valence-electron chi connectivity index (χ4n) is 4.10. The van der Waals surface area contributed by atoms with Crippen molar-refractivity contribution in [1.82, 2.24) is 15.5 Å². The van der Waals surface area contributed by atoms with Crippen LogP contribution in [0, 0.1) is 0 Å². The first-order valence-electron chi connectivity index (χ1n) is 10.3. The minimum absolute atomic E-state index is 0.175. The van der Waals surface area contributed by atoms with E-state index >= 15 is 0 Å². The quantitative estimate of drug-likeness (QED) is 0.484. The maximum Gasteiger partial charge on any atom is 0.349 e. The van der Waals surface area contributed by atoms with Gasteiger partial charge in [0.1, 0.15) is 7.85 Å². The number of carbonyl (C=O) groups excluding carboxylic acids is 4. The number of nitrogens with zero attached hydrogens (tertiary/aromatic N) is 1. The Morgan fingerprint density at radius 2 is 1.77 bits per heavy atom. The van der Waals surface area contributed by atoms with Crippen LogP contribution in [0.4, 0.5) is 8.78 Å². The van der Waals surface area contributed by atoms with E-state index in [-0.39, 0.29) is 23.7 Å². The Hall–Kier alpha value is -3.14. The van der Waals surface area contributed by atoms with Crippen LogP contribution in [0.1, 0.15) is 33.5 Å². The van der Waals surface area contributed by atoms with Gasteiger partial charge in [0.25, 0.3) is 11.8 Å². The summed E-state index contributed by atoms with van der Waals surface area (Å²) in [5.74, 6) is -7.69. The van der Waals surface area contributed by atoms with Gasteiger partial charge >= 0.3 is 5.92 Å². The van der Waals surface area contributed by atoms with Crippen molar-refractivity contribution in [3.05, 3.63) is 69.7 Å². The number of hydrogen-bond acceptors (Lipinski definition) is 4. The molecule has 2 aromatic rings. The molecule has 7 nitrogen and oxygen atoms in total. The summed E-state index contributed by atoms with van der Waals surface area (Å²) in [6.07, 6.45) is -0.492.